The van der Waals surface area contributed by atoms with Gasteiger partial charge < -0.3 is 5.32 Å². The summed E-state index contributed by atoms with van der Waals surface area (Å²) in [6, 6.07) is 26.5. The molecule has 0 spiro atoms. The quantitative estimate of drug-likeness (QED) is 0.227. The van der Waals surface area contributed by atoms with Crippen molar-refractivity contribution in [3.8, 4) is 16.9 Å². The molecule has 0 bridgehead atoms. The van der Waals surface area contributed by atoms with Crippen LogP contribution in [0.25, 0.3) is 27.2 Å². The van der Waals surface area contributed by atoms with Gasteiger partial charge in [-0.15, -0.1) is 0 Å². The monoisotopic (exact) mass is 470 g/mol. The van der Waals surface area contributed by atoms with E-state index in [1.54, 1.807) is 11.3 Å². The number of aromatic nitrogens is 3. The Hall–Kier alpha value is -3.75. The lowest BCUT2D eigenvalue weighted by atomic mass is 10.1. The van der Waals surface area contributed by atoms with Gasteiger partial charge in [0.15, 0.2) is 5.11 Å². The maximum Gasteiger partial charge on any atom is 0.202 e. The molecule has 5 rings (SSSR count). The van der Waals surface area contributed by atoms with E-state index in [1.165, 1.54) is 5.56 Å². The van der Waals surface area contributed by atoms with E-state index in [-0.39, 0.29) is 0 Å². The summed E-state index contributed by atoms with van der Waals surface area (Å²) in [7, 11) is 0. The number of aryl methyl sites for hydroxylation is 1. The second kappa shape index (κ2) is 9.40. The van der Waals surface area contributed by atoms with E-state index in [4.69, 9.17) is 17.3 Å². The van der Waals surface area contributed by atoms with Crippen LogP contribution in [0.5, 0.6) is 0 Å². The Morgan fingerprint density at radius 3 is 2.52 bits per heavy atom. The number of rotatable bonds is 6. The lowest BCUT2D eigenvalue weighted by Crippen LogP contribution is -2.38. The fraction of sp³-hybridized carbons (Fsp3) is 0.0800. The summed E-state index contributed by atoms with van der Waals surface area (Å²) in [5.74, 6) is 0. The summed E-state index contributed by atoms with van der Waals surface area (Å²) in [5, 5.41) is 9.38. The lowest BCUT2D eigenvalue weighted by Gasteiger charge is -2.10. The van der Waals surface area contributed by atoms with Crippen LogP contribution in [0.1, 0.15) is 11.1 Å². The molecule has 6 nitrogen and oxygen atoms in total. The van der Waals surface area contributed by atoms with Crippen LogP contribution < -0.4 is 16.2 Å². The van der Waals surface area contributed by atoms with Gasteiger partial charge in [0.25, 0.3) is 0 Å². The molecule has 0 aliphatic rings. The van der Waals surface area contributed by atoms with E-state index < -0.39 is 0 Å². The molecular weight excluding hydrogens is 448 g/mol. The molecule has 0 fully saturated rings. The first-order valence-electron chi connectivity index (χ1n) is 10.5. The molecule has 0 aliphatic heterocycles. The third-order valence-electron chi connectivity index (χ3n) is 5.15. The van der Waals surface area contributed by atoms with Gasteiger partial charge in [0.2, 0.25) is 5.13 Å². The molecule has 0 saturated heterocycles. The minimum absolute atomic E-state index is 0.483. The van der Waals surface area contributed by atoms with Crippen LogP contribution >= 0.6 is 23.6 Å². The highest BCUT2D eigenvalue weighted by molar-refractivity contribution is 7.80. The third kappa shape index (κ3) is 4.87. The number of nitrogens with one attached hydrogen (secondary N) is 3. The molecule has 0 amide bonds. The molecule has 0 saturated carbocycles. The number of para-hydroxylation sites is 2. The zero-order valence-electron chi connectivity index (χ0n) is 17.9. The second-order valence-corrected chi connectivity index (χ2v) is 9.01. The largest absolute Gasteiger partial charge is 0.357 e. The molecular formula is C25H22N6S2. The number of fused-ring (bicyclic) bond motifs is 1. The van der Waals surface area contributed by atoms with Gasteiger partial charge in [-0.05, 0) is 43.4 Å². The molecule has 3 aromatic carbocycles. The van der Waals surface area contributed by atoms with Crippen LogP contribution in [0.3, 0.4) is 0 Å². The number of hydrazine groups is 1. The fourth-order valence-corrected chi connectivity index (χ4v) is 4.40. The van der Waals surface area contributed by atoms with Gasteiger partial charge in [-0.25, -0.2) is 9.67 Å². The molecule has 3 N–H and O–H groups in total. The first-order valence-corrected chi connectivity index (χ1v) is 11.7. The number of thiazole rings is 1. The van der Waals surface area contributed by atoms with Gasteiger partial charge in [-0.2, -0.15) is 5.10 Å². The van der Waals surface area contributed by atoms with Crippen LogP contribution in [0, 0.1) is 6.92 Å². The zero-order valence-corrected chi connectivity index (χ0v) is 19.6. The van der Waals surface area contributed by atoms with Crippen molar-refractivity contribution < 1.29 is 0 Å². The zero-order chi connectivity index (χ0) is 22.6. The molecule has 2 heterocycles. The molecule has 0 unspecified atom stereocenters. The average molecular weight is 471 g/mol. The highest BCUT2D eigenvalue weighted by atomic mass is 32.1. The molecule has 164 valence electrons. The van der Waals surface area contributed by atoms with E-state index in [2.05, 4.69) is 52.3 Å². The van der Waals surface area contributed by atoms with Crippen LogP contribution in [-0.4, -0.2) is 19.9 Å². The minimum Gasteiger partial charge on any atom is -0.357 e. The van der Waals surface area contributed by atoms with Gasteiger partial charge in [0.05, 0.1) is 21.6 Å². The molecule has 0 radical (unpaired) electrons. The first kappa shape index (κ1) is 21.1. The van der Waals surface area contributed by atoms with Crippen molar-refractivity contribution >= 4 is 44.0 Å². The molecule has 5 aromatic rings. The Morgan fingerprint density at radius 1 is 0.970 bits per heavy atom. The number of nitrogens with zero attached hydrogens (tertiary/aromatic N) is 3. The van der Waals surface area contributed by atoms with Gasteiger partial charge in [-0.1, -0.05) is 71.5 Å². The van der Waals surface area contributed by atoms with Gasteiger partial charge in [0.1, 0.15) is 0 Å². The Morgan fingerprint density at radius 2 is 1.73 bits per heavy atom. The van der Waals surface area contributed by atoms with E-state index in [1.807, 2.05) is 65.5 Å². The van der Waals surface area contributed by atoms with Gasteiger partial charge in [0, 0.05) is 23.9 Å². The van der Waals surface area contributed by atoms with Gasteiger partial charge in [-0.3, -0.25) is 10.9 Å². The Labute approximate surface area is 201 Å². The molecule has 0 aliphatic carbocycles. The van der Waals surface area contributed by atoms with Crippen molar-refractivity contribution in [3.63, 3.8) is 0 Å². The average Bonchev–Trinajstić information content (AvgIpc) is 3.46. The molecule has 33 heavy (non-hydrogen) atoms. The number of thiocarbonyl (C=S) groups is 1. The standard InChI is InChI=1S/C25H22N6S2/c1-17-11-13-18(14-12-17)23-19(16-31(30-23)20-7-3-2-4-8-20)15-26-24(32)28-29-25-27-21-9-5-6-10-22(21)33-25/h2-14,16H,15H2,1H3,(H,27,29)(H2,26,28,32). The molecule has 0 atom stereocenters. The fourth-order valence-electron chi connectivity index (χ4n) is 3.46. The SMILES string of the molecule is Cc1ccc(-c2nn(-c3ccccc3)cc2CNC(=S)NNc2nc3ccccc3s2)cc1. The minimum atomic E-state index is 0.483. The third-order valence-corrected chi connectivity index (χ3v) is 6.35. The molecule has 2 aromatic heterocycles. The van der Waals surface area contributed by atoms with Crippen molar-refractivity contribution in [2.24, 2.45) is 0 Å². The summed E-state index contributed by atoms with van der Waals surface area (Å²) in [6.45, 7) is 2.61. The Bertz CT molecular complexity index is 1360. The summed E-state index contributed by atoms with van der Waals surface area (Å²) in [4.78, 5) is 4.54. The summed E-state index contributed by atoms with van der Waals surface area (Å²) in [5.41, 5.74) is 12.3. The smallest absolute Gasteiger partial charge is 0.202 e. The van der Waals surface area contributed by atoms with Crippen molar-refractivity contribution in [2.45, 2.75) is 13.5 Å². The summed E-state index contributed by atoms with van der Waals surface area (Å²) >= 11 is 7.05. The summed E-state index contributed by atoms with van der Waals surface area (Å²) in [6.07, 6.45) is 2.04. The van der Waals surface area contributed by atoms with Crippen molar-refractivity contribution in [1.29, 1.82) is 0 Å². The lowest BCUT2D eigenvalue weighted by molar-refractivity contribution is 0.872. The predicted molar refractivity (Wildman–Crippen MR) is 140 cm³/mol. The van der Waals surface area contributed by atoms with Crippen molar-refractivity contribution in [3.05, 3.63) is 96.2 Å². The van der Waals surface area contributed by atoms with Crippen molar-refractivity contribution in [2.75, 3.05) is 5.43 Å². The van der Waals surface area contributed by atoms with E-state index >= 15 is 0 Å². The van der Waals surface area contributed by atoms with Crippen molar-refractivity contribution in [1.82, 2.24) is 25.5 Å². The maximum absolute atomic E-state index is 5.48. The number of anilines is 1. The highest BCUT2D eigenvalue weighted by Crippen LogP contribution is 2.25. The summed E-state index contributed by atoms with van der Waals surface area (Å²) < 4.78 is 3.03. The Kier molecular flexibility index (Phi) is 6.01. The Balaban J connectivity index is 1.30. The highest BCUT2D eigenvalue weighted by Gasteiger charge is 2.13. The van der Waals surface area contributed by atoms with E-state index in [0.29, 0.717) is 11.7 Å². The molecule has 8 heteroatoms. The first-order chi connectivity index (χ1) is 16.2. The second-order valence-electron chi connectivity index (χ2n) is 7.57. The number of benzene rings is 3. The normalized spacial score (nSPS) is 10.8. The number of hydrogen-bond acceptors (Lipinski definition) is 5. The van der Waals surface area contributed by atoms with Gasteiger partial charge >= 0.3 is 0 Å². The van der Waals surface area contributed by atoms with Crippen LogP contribution in [0.4, 0.5) is 5.13 Å². The van der Waals surface area contributed by atoms with Crippen LogP contribution in [0.15, 0.2) is 85.1 Å². The van der Waals surface area contributed by atoms with E-state index in [9.17, 15) is 0 Å². The van der Waals surface area contributed by atoms with Crippen LogP contribution in [0.2, 0.25) is 0 Å². The van der Waals surface area contributed by atoms with E-state index in [0.717, 1.165) is 37.9 Å². The maximum atomic E-state index is 5.48. The predicted octanol–water partition coefficient (Wildman–Crippen LogP) is 5.45. The number of hydrogen-bond donors (Lipinski definition) is 3. The topological polar surface area (TPSA) is 66.8 Å². The van der Waals surface area contributed by atoms with Crippen LogP contribution in [-0.2, 0) is 6.54 Å².